The highest BCUT2D eigenvalue weighted by Gasteiger charge is 2.22. The first-order valence-electron chi connectivity index (χ1n) is 4.29. The molecule has 5 heteroatoms. The van der Waals surface area contributed by atoms with Crippen molar-refractivity contribution in [2.75, 3.05) is 13.2 Å². The molecule has 0 heterocycles. The summed E-state index contributed by atoms with van der Waals surface area (Å²) in [7, 11) is 0. The van der Waals surface area contributed by atoms with Crippen LogP contribution in [0.3, 0.4) is 0 Å². The molecule has 0 amide bonds. The lowest BCUT2D eigenvalue weighted by Crippen LogP contribution is -2.34. The first kappa shape index (κ1) is 13.1. The topological polar surface area (TPSA) is 87.0 Å². The summed E-state index contributed by atoms with van der Waals surface area (Å²) in [6, 6.07) is 0. The number of ether oxygens (including phenoxy) is 1. The first-order valence-corrected chi connectivity index (χ1v) is 4.29. The van der Waals surface area contributed by atoms with Crippen LogP contribution in [0.1, 0.15) is 13.3 Å². The maximum absolute atomic E-state index is 11.1. The van der Waals surface area contributed by atoms with Gasteiger partial charge in [0, 0.05) is 18.6 Å². The number of aliphatic hydroxyl groups is 3. The van der Waals surface area contributed by atoms with Gasteiger partial charge in [0.2, 0.25) is 0 Å². The van der Waals surface area contributed by atoms with Gasteiger partial charge in [0.05, 0.1) is 6.61 Å². The van der Waals surface area contributed by atoms with Crippen molar-refractivity contribution < 1.29 is 24.9 Å². The zero-order chi connectivity index (χ0) is 11.1. The van der Waals surface area contributed by atoms with E-state index in [0.717, 1.165) is 0 Å². The van der Waals surface area contributed by atoms with E-state index < -0.39 is 24.8 Å². The van der Waals surface area contributed by atoms with Crippen LogP contribution >= 0.6 is 0 Å². The lowest BCUT2D eigenvalue weighted by atomic mass is 10.1. The normalized spacial score (nSPS) is 14.6. The molecule has 5 nitrogen and oxygen atoms in total. The van der Waals surface area contributed by atoms with Gasteiger partial charge in [-0.15, -0.1) is 0 Å². The average Bonchev–Trinajstić information content (AvgIpc) is 2.15. The summed E-state index contributed by atoms with van der Waals surface area (Å²) in [5.41, 5.74) is 0.207. The molecule has 0 rings (SSSR count). The Labute approximate surface area is 82.6 Å². The van der Waals surface area contributed by atoms with Crippen molar-refractivity contribution in [1.82, 2.24) is 0 Å². The van der Waals surface area contributed by atoms with E-state index in [-0.39, 0.29) is 18.6 Å². The van der Waals surface area contributed by atoms with Gasteiger partial charge >= 0.3 is 5.97 Å². The highest BCUT2D eigenvalue weighted by molar-refractivity contribution is 5.87. The van der Waals surface area contributed by atoms with Crippen molar-refractivity contribution in [3.05, 3.63) is 12.2 Å². The molecular formula is C9H16O5. The van der Waals surface area contributed by atoms with Crippen molar-refractivity contribution >= 4 is 5.97 Å². The molecule has 0 aromatic heterocycles. The molecule has 0 aromatic rings. The van der Waals surface area contributed by atoms with Gasteiger partial charge in [0.15, 0.2) is 0 Å². The number of carbonyl (C=O) groups excluding carboxylic acids is 1. The van der Waals surface area contributed by atoms with E-state index in [0.29, 0.717) is 0 Å². The van der Waals surface area contributed by atoms with Crippen molar-refractivity contribution in [1.29, 1.82) is 0 Å². The highest BCUT2D eigenvalue weighted by atomic mass is 16.6. The Morgan fingerprint density at radius 2 is 2.07 bits per heavy atom. The van der Waals surface area contributed by atoms with Crippen LogP contribution in [-0.2, 0) is 9.53 Å². The van der Waals surface area contributed by atoms with Gasteiger partial charge < -0.3 is 20.1 Å². The van der Waals surface area contributed by atoms with Gasteiger partial charge in [-0.1, -0.05) is 6.58 Å². The van der Waals surface area contributed by atoms with E-state index in [4.69, 9.17) is 14.9 Å². The summed E-state index contributed by atoms with van der Waals surface area (Å²) in [6.45, 7) is 4.10. The molecule has 3 N–H and O–H groups in total. The Morgan fingerprint density at radius 1 is 1.50 bits per heavy atom. The van der Waals surface area contributed by atoms with Crippen LogP contribution in [0.5, 0.6) is 0 Å². The third-order valence-electron chi connectivity index (χ3n) is 1.64. The molecular weight excluding hydrogens is 188 g/mol. The van der Waals surface area contributed by atoms with Crippen LogP contribution in [0, 0.1) is 0 Å². The monoisotopic (exact) mass is 204 g/mol. The number of rotatable bonds is 6. The standard InChI is InChI=1S/C9H16O5/c1-6(2)9(13)14-8(3-4-10)7(12)5-11/h7-8,10-12H,1,3-5H2,2H3. The van der Waals surface area contributed by atoms with Crippen LogP contribution in [0.4, 0.5) is 0 Å². The predicted molar refractivity (Wildman–Crippen MR) is 49.5 cm³/mol. The molecule has 0 aliphatic carbocycles. The summed E-state index contributed by atoms with van der Waals surface area (Å²) < 4.78 is 4.80. The SMILES string of the molecule is C=C(C)C(=O)OC(CCO)C(O)CO. The van der Waals surface area contributed by atoms with E-state index >= 15 is 0 Å². The van der Waals surface area contributed by atoms with Crippen molar-refractivity contribution in [3.8, 4) is 0 Å². The summed E-state index contributed by atoms with van der Waals surface area (Å²) in [5, 5.41) is 26.5. The summed E-state index contributed by atoms with van der Waals surface area (Å²) >= 11 is 0. The van der Waals surface area contributed by atoms with E-state index in [2.05, 4.69) is 6.58 Å². The van der Waals surface area contributed by atoms with Crippen LogP contribution in [0.2, 0.25) is 0 Å². The molecule has 0 fully saturated rings. The minimum absolute atomic E-state index is 0.0841. The molecule has 0 radical (unpaired) electrons. The molecule has 0 aliphatic heterocycles. The van der Waals surface area contributed by atoms with Gasteiger partial charge in [-0.05, 0) is 6.92 Å². The van der Waals surface area contributed by atoms with Crippen LogP contribution < -0.4 is 0 Å². The van der Waals surface area contributed by atoms with E-state index in [1.165, 1.54) is 6.92 Å². The van der Waals surface area contributed by atoms with E-state index in [9.17, 15) is 9.90 Å². The Kier molecular flexibility index (Phi) is 6.11. The third-order valence-corrected chi connectivity index (χ3v) is 1.64. The highest BCUT2D eigenvalue weighted by Crippen LogP contribution is 2.07. The average molecular weight is 204 g/mol. The van der Waals surface area contributed by atoms with Crippen LogP contribution in [0.15, 0.2) is 12.2 Å². The number of carbonyl (C=O) groups is 1. The Hall–Kier alpha value is -0.910. The fourth-order valence-corrected chi connectivity index (χ4v) is 0.813. The van der Waals surface area contributed by atoms with Crippen molar-refractivity contribution in [3.63, 3.8) is 0 Å². The molecule has 0 saturated carbocycles. The smallest absolute Gasteiger partial charge is 0.333 e. The zero-order valence-corrected chi connectivity index (χ0v) is 8.14. The summed E-state index contributed by atoms with van der Waals surface area (Å²) in [4.78, 5) is 11.1. The van der Waals surface area contributed by atoms with Gasteiger partial charge in [0.1, 0.15) is 12.2 Å². The second kappa shape index (κ2) is 6.53. The summed E-state index contributed by atoms with van der Waals surface area (Å²) in [5.74, 6) is -0.643. The second-order valence-electron chi connectivity index (χ2n) is 2.99. The largest absolute Gasteiger partial charge is 0.456 e. The van der Waals surface area contributed by atoms with Gasteiger partial charge in [-0.2, -0.15) is 0 Å². The van der Waals surface area contributed by atoms with Crippen LogP contribution in [-0.4, -0.2) is 46.7 Å². The zero-order valence-electron chi connectivity index (χ0n) is 8.14. The predicted octanol–water partition coefficient (Wildman–Crippen LogP) is -0.790. The van der Waals surface area contributed by atoms with E-state index in [1.54, 1.807) is 0 Å². The van der Waals surface area contributed by atoms with Gasteiger partial charge in [-0.3, -0.25) is 0 Å². The molecule has 14 heavy (non-hydrogen) atoms. The fourth-order valence-electron chi connectivity index (χ4n) is 0.813. The second-order valence-corrected chi connectivity index (χ2v) is 2.99. The van der Waals surface area contributed by atoms with E-state index in [1.807, 2.05) is 0 Å². The maximum atomic E-state index is 11.1. The number of aliphatic hydroxyl groups excluding tert-OH is 3. The molecule has 0 aromatic carbocycles. The molecule has 82 valence electrons. The molecule has 2 unspecified atom stereocenters. The number of hydrogen-bond donors (Lipinski definition) is 3. The minimum atomic E-state index is -1.18. The Bertz CT molecular complexity index is 201. The lowest BCUT2D eigenvalue weighted by molar-refractivity contribution is -0.152. The number of esters is 1. The molecule has 0 spiro atoms. The molecule has 0 saturated heterocycles. The Balaban J connectivity index is 4.21. The van der Waals surface area contributed by atoms with Crippen LogP contribution in [0.25, 0.3) is 0 Å². The van der Waals surface area contributed by atoms with Gasteiger partial charge in [0.25, 0.3) is 0 Å². The fraction of sp³-hybridized carbons (Fsp3) is 0.667. The van der Waals surface area contributed by atoms with Gasteiger partial charge in [-0.25, -0.2) is 4.79 Å². The maximum Gasteiger partial charge on any atom is 0.333 e. The molecule has 0 aliphatic rings. The summed E-state index contributed by atoms with van der Waals surface area (Å²) in [6.07, 6.45) is -1.99. The Morgan fingerprint density at radius 3 is 2.43 bits per heavy atom. The molecule has 0 bridgehead atoms. The first-order chi connectivity index (χ1) is 6.52. The lowest BCUT2D eigenvalue weighted by Gasteiger charge is -2.20. The molecule has 2 atom stereocenters. The quantitative estimate of drug-likeness (QED) is 0.390. The number of hydrogen-bond acceptors (Lipinski definition) is 5. The third kappa shape index (κ3) is 4.36. The van der Waals surface area contributed by atoms with Crippen molar-refractivity contribution in [2.24, 2.45) is 0 Å². The van der Waals surface area contributed by atoms with Crippen molar-refractivity contribution in [2.45, 2.75) is 25.6 Å². The minimum Gasteiger partial charge on any atom is -0.456 e.